The second-order valence-electron chi connectivity index (χ2n) is 5.05. The topological polar surface area (TPSA) is 64.9 Å². The fraction of sp³-hybridized carbons (Fsp3) is 0.385. The van der Waals surface area contributed by atoms with Crippen molar-refractivity contribution in [2.24, 2.45) is 5.73 Å². The average Bonchev–Trinajstić information content (AvgIpc) is 2.96. The minimum absolute atomic E-state index is 0.117. The van der Waals surface area contributed by atoms with Gasteiger partial charge < -0.3 is 10.3 Å². The van der Waals surface area contributed by atoms with Crippen LogP contribution in [0.3, 0.4) is 0 Å². The van der Waals surface area contributed by atoms with E-state index in [1.807, 2.05) is 25.1 Å². The lowest BCUT2D eigenvalue weighted by Gasteiger charge is -2.21. The molecule has 0 bridgehead atoms. The van der Waals surface area contributed by atoms with Crippen molar-refractivity contribution < 1.29 is 17.7 Å². The summed E-state index contributed by atoms with van der Waals surface area (Å²) in [4.78, 5) is 3.44. The number of fused-ring (bicyclic) bond motifs is 1. The number of rotatable bonds is 1. The molecule has 7 heteroatoms. The molecule has 1 aliphatic rings. The third-order valence-corrected chi connectivity index (χ3v) is 3.60. The zero-order valence-electron chi connectivity index (χ0n) is 10.7. The zero-order chi connectivity index (χ0) is 14.5. The van der Waals surface area contributed by atoms with Crippen LogP contribution in [0.1, 0.15) is 34.8 Å². The fourth-order valence-electron chi connectivity index (χ4n) is 2.54. The molecule has 0 aliphatic heterocycles. The maximum Gasteiger partial charge on any atom is 0.471 e. The van der Waals surface area contributed by atoms with Crippen LogP contribution in [0.15, 0.2) is 22.7 Å². The second-order valence-corrected chi connectivity index (χ2v) is 5.05. The van der Waals surface area contributed by atoms with Gasteiger partial charge in [0, 0.05) is 0 Å². The van der Waals surface area contributed by atoms with E-state index in [9.17, 15) is 13.2 Å². The number of aromatic nitrogens is 2. The molecule has 106 valence electrons. The van der Waals surface area contributed by atoms with Crippen LogP contribution in [0.25, 0.3) is 0 Å². The van der Waals surface area contributed by atoms with E-state index in [4.69, 9.17) is 5.73 Å². The molecule has 1 aromatic heterocycles. The van der Waals surface area contributed by atoms with Gasteiger partial charge in [0.1, 0.15) is 5.54 Å². The maximum atomic E-state index is 12.5. The monoisotopic (exact) mass is 283 g/mol. The van der Waals surface area contributed by atoms with Crippen LogP contribution < -0.4 is 5.73 Å². The lowest BCUT2D eigenvalue weighted by molar-refractivity contribution is -0.159. The number of halogens is 3. The largest absolute Gasteiger partial charge is 0.471 e. The minimum atomic E-state index is -4.66. The normalized spacial score (nSPS) is 22.1. The molecule has 0 spiro atoms. The smallest absolute Gasteiger partial charge is 0.329 e. The number of nitrogens with two attached hydrogens (primary N) is 1. The summed E-state index contributed by atoms with van der Waals surface area (Å²) in [5, 5.41) is 3.43. The Hall–Kier alpha value is -1.89. The second kappa shape index (κ2) is 4.05. The van der Waals surface area contributed by atoms with E-state index in [1.165, 1.54) is 0 Å². The Labute approximate surface area is 112 Å². The van der Waals surface area contributed by atoms with Gasteiger partial charge in [0.05, 0.1) is 0 Å². The van der Waals surface area contributed by atoms with Crippen molar-refractivity contribution in [1.82, 2.24) is 10.1 Å². The molecule has 20 heavy (non-hydrogen) atoms. The molecule has 1 heterocycles. The average molecular weight is 283 g/mol. The molecule has 0 fully saturated rings. The molecule has 1 unspecified atom stereocenters. The third kappa shape index (κ3) is 1.89. The summed E-state index contributed by atoms with van der Waals surface area (Å²) >= 11 is 0. The predicted octanol–water partition coefficient (Wildman–Crippen LogP) is 2.55. The molecule has 1 aromatic carbocycles. The van der Waals surface area contributed by atoms with Crippen molar-refractivity contribution in [1.29, 1.82) is 0 Å². The Morgan fingerprint density at radius 1 is 1.35 bits per heavy atom. The number of aryl methyl sites for hydroxylation is 2. The van der Waals surface area contributed by atoms with Crippen LogP contribution in [-0.2, 0) is 18.1 Å². The lowest BCUT2D eigenvalue weighted by Crippen LogP contribution is -2.36. The van der Waals surface area contributed by atoms with Crippen molar-refractivity contribution in [3.8, 4) is 0 Å². The molecular formula is C13H12F3N3O. The van der Waals surface area contributed by atoms with Crippen LogP contribution >= 0.6 is 0 Å². The molecule has 1 atom stereocenters. The van der Waals surface area contributed by atoms with E-state index < -0.39 is 17.6 Å². The molecule has 4 nitrogen and oxygen atoms in total. The van der Waals surface area contributed by atoms with E-state index in [0.29, 0.717) is 12.8 Å². The summed E-state index contributed by atoms with van der Waals surface area (Å²) in [7, 11) is 0. The highest BCUT2D eigenvalue weighted by Crippen LogP contribution is 2.40. The maximum absolute atomic E-state index is 12.5. The molecule has 0 saturated heterocycles. The molecule has 1 aliphatic carbocycles. The first kappa shape index (κ1) is 13.1. The van der Waals surface area contributed by atoms with Gasteiger partial charge in [0.25, 0.3) is 0 Å². The molecule has 0 amide bonds. The Kier molecular flexibility index (Phi) is 2.66. The third-order valence-electron chi connectivity index (χ3n) is 3.60. The highest BCUT2D eigenvalue weighted by atomic mass is 19.4. The summed E-state index contributed by atoms with van der Waals surface area (Å²) < 4.78 is 41.9. The van der Waals surface area contributed by atoms with Gasteiger partial charge in [-0.2, -0.15) is 18.2 Å². The molecule has 2 N–H and O–H groups in total. The molecular weight excluding hydrogens is 271 g/mol. The van der Waals surface area contributed by atoms with E-state index >= 15 is 0 Å². The molecule has 0 saturated carbocycles. The Bertz CT molecular complexity index is 665. The van der Waals surface area contributed by atoms with Crippen molar-refractivity contribution in [2.75, 3.05) is 0 Å². The van der Waals surface area contributed by atoms with E-state index in [1.54, 1.807) is 0 Å². The number of benzene rings is 1. The highest BCUT2D eigenvalue weighted by Gasteiger charge is 2.44. The van der Waals surface area contributed by atoms with E-state index in [2.05, 4.69) is 14.7 Å². The summed E-state index contributed by atoms with van der Waals surface area (Å²) in [5.41, 5.74) is 7.92. The number of hydrogen-bond donors (Lipinski definition) is 1. The standard InChI is InChI=1S/C13H12F3N3O/c1-7-2-3-8-4-5-12(17,9(8)6-7)10-18-11(20-19-10)13(14,15)16/h2-3,6H,4-5,17H2,1H3. The van der Waals surface area contributed by atoms with Crippen molar-refractivity contribution in [3.05, 3.63) is 46.6 Å². The van der Waals surface area contributed by atoms with Crippen molar-refractivity contribution in [2.45, 2.75) is 31.5 Å². The van der Waals surface area contributed by atoms with Gasteiger partial charge in [-0.05, 0) is 30.9 Å². The zero-order valence-corrected chi connectivity index (χ0v) is 10.7. The lowest BCUT2D eigenvalue weighted by atomic mass is 9.91. The summed E-state index contributed by atoms with van der Waals surface area (Å²) in [6.45, 7) is 1.90. The number of nitrogens with zero attached hydrogens (tertiary/aromatic N) is 2. The Morgan fingerprint density at radius 2 is 2.10 bits per heavy atom. The first-order valence-electron chi connectivity index (χ1n) is 6.11. The molecule has 3 rings (SSSR count). The summed E-state index contributed by atoms with van der Waals surface area (Å²) in [5.74, 6) is -1.48. The van der Waals surface area contributed by atoms with Crippen LogP contribution in [0.5, 0.6) is 0 Å². The Morgan fingerprint density at radius 3 is 2.75 bits per heavy atom. The van der Waals surface area contributed by atoms with Crippen LogP contribution in [0, 0.1) is 6.92 Å². The molecule has 2 aromatic rings. The summed E-state index contributed by atoms with van der Waals surface area (Å²) in [6.07, 6.45) is -3.51. The number of hydrogen-bond acceptors (Lipinski definition) is 4. The van der Waals surface area contributed by atoms with E-state index in [0.717, 1.165) is 16.7 Å². The SMILES string of the molecule is Cc1ccc2c(c1)C(N)(c1noc(C(F)(F)F)n1)CC2. The van der Waals surface area contributed by atoms with Gasteiger partial charge in [0.15, 0.2) is 5.82 Å². The van der Waals surface area contributed by atoms with Crippen LogP contribution in [0.2, 0.25) is 0 Å². The first-order valence-corrected chi connectivity index (χ1v) is 6.11. The fourth-order valence-corrected chi connectivity index (χ4v) is 2.54. The van der Waals surface area contributed by atoms with Gasteiger partial charge in [-0.1, -0.05) is 28.9 Å². The van der Waals surface area contributed by atoms with Crippen LogP contribution in [-0.4, -0.2) is 10.1 Å². The molecule has 0 radical (unpaired) electrons. The minimum Gasteiger partial charge on any atom is -0.329 e. The van der Waals surface area contributed by atoms with Crippen LogP contribution in [0.4, 0.5) is 13.2 Å². The summed E-state index contributed by atoms with van der Waals surface area (Å²) in [6, 6.07) is 5.75. The highest BCUT2D eigenvalue weighted by molar-refractivity contribution is 5.44. The Balaban J connectivity index is 2.07. The van der Waals surface area contributed by atoms with Gasteiger partial charge in [-0.3, -0.25) is 0 Å². The van der Waals surface area contributed by atoms with Crippen molar-refractivity contribution >= 4 is 0 Å². The number of alkyl halides is 3. The van der Waals surface area contributed by atoms with Gasteiger partial charge in [-0.15, -0.1) is 0 Å². The van der Waals surface area contributed by atoms with Crippen molar-refractivity contribution in [3.63, 3.8) is 0 Å². The van der Waals surface area contributed by atoms with Gasteiger partial charge in [0.2, 0.25) is 0 Å². The van der Waals surface area contributed by atoms with E-state index in [-0.39, 0.29) is 5.82 Å². The van der Waals surface area contributed by atoms with Gasteiger partial charge >= 0.3 is 12.1 Å². The predicted molar refractivity (Wildman–Crippen MR) is 63.8 cm³/mol. The van der Waals surface area contributed by atoms with Gasteiger partial charge in [-0.25, -0.2) is 0 Å². The quantitative estimate of drug-likeness (QED) is 0.873. The first-order chi connectivity index (χ1) is 9.30.